The van der Waals surface area contributed by atoms with Crippen LogP contribution in [0.2, 0.25) is 0 Å². The second-order valence-electron chi connectivity index (χ2n) is 5.12. The van der Waals surface area contributed by atoms with Crippen LogP contribution in [0.1, 0.15) is 32.0 Å². The number of hydrogen-bond acceptors (Lipinski definition) is 4. The molecule has 2 atom stereocenters. The Bertz CT molecular complexity index is 595. The van der Waals surface area contributed by atoms with Crippen molar-refractivity contribution < 1.29 is 18.3 Å². The second kappa shape index (κ2) is 4.61. The molecule has 1 heterocycles. The fraction of sp³-hybridized carbons (Fsp3) is 0.636. The first-order chi connectivity index (χ1) is 8.75. The van der Waals surface area contributed by atoms with E-state index < -0.39 is 27.4 Å². The molecule has 2 unspecified atom stereocenters. The molecule has 0 radical (unpaired) electrons. The zero-order valence-electron chi connectivity index (χ0n) is 10.8. The van der Waals surface area contributed by atoms with E-state index in [9.17, 15) is 18.3 Å². The second-order valence-corrected chi connectivity index (χ2v) is 6.80. The normalized spacial score (nSPS) is 27.6. The molecule has 8 heteroatoms. The summed E-state index contributed by atoms with van der Waals surface area (Å²) in [6, 6.07) is -0.599. The molecule has 1 aliphatic carbocycles. The van der Waals surface area contributed by atoms with Gasteiger partial charge in [0.05, 0.1) is 11.6 Å². The molecule has 0 spiro atoms. The average Bonchev–Trinajstić information content (AvgIpc) is 2.87. The third-order valence-electron chi connectivity index (χ3n) is 3.71. The van der Waals surface area contributed by atoms with Crippen molar-refractivity contribution in [2.45, 2.75) is 44.2 Å². The molecule has 1 aliphatic rings. The zero-order chi connectivity index (χ0) is 14.3. The molecular formula is C11H17N3O4S. The van der Waals surface area contributed by atoms with Gasteiger partial charge in [-0.1, -0.05) is 6.42 Å². The van der Waals surface area contributed by atoms with Gasteiger partial charge in [-0.2, -0.15) is 0 Å². The minimum Gasteiger partial charge on any atom is -0.481 e. The summed E-state index contributed by atoms with van der Waals surface area (Å²) in [6.07, 6.45) is 2.91. The Kier molecular flexibility index (Phi) is 3.40. The van der Waals surface area contributed by atoms with Crippen LogP contribution < -0.4 is 4.72 Å². The quantitative estimate of drug-likeness (QED) is 0.752. The molecule has 0 bridgehead atoms. The van der Waals surface area contributed by atoms with Crippen molar-refractivity contribution in [2.75, 3.05) is 0 Å². The van der Waals surface area contributed by atoms with E-state index >= 15 is 0 Å². The first kappa shape index (κ1) is 14.0. The van der Waals surface area contributed by atoms with Gasteiger partial charge in [-0.15, -0.1) is 0 Å². The highest BCUT2D eigenvalue weighted by Gasteiger charge is 2.47. The van der Waals surface area contributed by atoms with Crippen molar-refractivity contribution in [2.24, 2.45) is 5.41 Å². The van der Waals surface area contributed by atoms with E-state index in [1.807, 2.05) is 0 Å². The molecule has 106 valence electrons. The predicted molar refractivity (Wildman–Crippen MR) is 67.0 cm³/mol. The lowest BCUT2D eigenvalue weighted by molar-refractivity contribution is -0.148. The summed E-state index contributed by atoms with van der Waals surface area (Å²) in [5.74, 6) is -0.480. The number of aryl methyl sites for hydroxylation is 1. The van der Waals surface area contributed by atoms with Crippen LogP contribution in [-0.4, -0.2) is 35.5 Å². The zero-order valence-corrected chi connectivity index (χ0v) is 11.6. The van der Waals surface area contributed by atoms with Gasteiger partial charge in [0.25, 0.3) is 10.0 Å². The third-order valence-corrected chi connectivity index (χ3v) is 5.09. The highest BCUT2D eigenvalue weighted by Crippen LogP contribution is 2.38. The minimum absolute atomic E-state index is 0.0374. The predicted octanol–water partition coefficient (Wildman–Crippen LogP) is 0.640. The molecule has 1 aromatic heterocycles. The monoisotopic (exact) mass is 287 g/mol. The molecular weight excluding hydrogens is 270 g/mol. The summed E-state index contributed by atoms with van der Waals surface area (Å²) in [7, 11) is -3.76. The van der Waals surface area contributed by atoms with Gasteiger partial charge in [0.1, 0.15) is 5.82 Å². The average molecular weight is 287 g/mol. The molecule has 0 amide bonds. The lowest BCUT2D eigenvalue weighted by Gasteiger charge is -2.27. The number of carboxylic acids is 1. The molecule has 1 saturated carbocycles. The molecule has 19 heavy (non-hydrogen) atoms. The number of aliphatic carboxylic acids is 1. The first-order valence-corrected chi connectivity index (χ1v) is 7.51. The van der Waals surface area contributed by atoms with Gasteiger partial charge < -0.3 is 10.1 Å². The van der Waals surface area contributed by atoms with Crippen molar-refractivity contribution in [3.05, 3.63) is 12.0 Å². The molecule has 0 aromatic carbocycles. The number of hydrogen-bond donors (Lipinski definition) is 3. The van der Waals surface area contributed by atoms with Crippen molar-refractivity contribution >= 4 is 16.0 Å². The lowest BCUT2D eigenvalue weighted by atomic mass is 9.85. The van der Waals surface area contributed by atoms with E-state index in [2.05, 4.69) is 14.7 Å². The first-order valence-electron chi connectivity index (χ1n) is 6.03. The summed E-state index contributed by atoms with van der Waals surface area (Å²) in [5.41, 5.74) is -1.05. The maximum absolute atomic E-state index is 12.1. The van der Waals surface area contributed by atoms with Crippen LogP contribution in [0, 0.1) is 12.3 Å². The smallest absolute Gasteiger partial charge is 0.310 e. The highest BCUT2D eigenvalue weighted by atomic mass is 32.2. The van der Waals surface area contributed by atoms with E-state index in [0.717, 1.165) is 0 Å². The highest BCUT2D eigenvalue weighted by molar-refractivity contribution is 7.89. The van der Waals surface area contributed by atoms with Gasteiger partial charge in [-0.05, 0) is 26.7 Å². The number of imidazole rings is 1. The topological polar surface area (TPSA) is 112 Å². The molecule has 2 rings (SSSR count). The summed E-state index contributed by atoms with van der Waals surface area (Å²) < 4.78 is 26.8. The fourth-order valence-electron chi connectivity index (χ4n) is 2.40. The maximum atomic E-state index is 12.1. The summed E-state index contributed by atoms with van der Waals surface area (Å²) >= 11 is 0. The SMILES string of the molecule is Cc1ncc(S(=O)(=O)NC2CCCC2(C)C(=O)O)[nH]1. The Balaban J connectivity index is 2.23. The van der Waals surface area contributed by atoms with E-state index in [1.165, 1.54) is 6.20 Å². The Morgan fingerprint density at radius 1 is 1.63 bits per heavy atom. The van der Waals surface area contributed by atoms with Crippen LogP contribution in [0.4, 0.5) is 0 Å². The Morgan fingerprint density at radius 2 is 2.32 bits per heavy atom. The number of sulfonamides is 1. The minimum atomic E-state index is -3.76. The number of nitrogens with zero attached hydrogens (tertiary/aromatic N) is 1. The van der Waals surface area contributed by atoms with Crippen molar-refractivity contribution in [3.8, 4) is 0 Å². The summed E-state index contributed by atoms with van der Waals surface area (Å²) in [6.45, 7) is 3.23. The van der Waals surface area contributed by atoms with Crippen molar-refractivity contribution in [1.82, 2.24) is 14.7 Å². The Morgan fingerprint density at radius 3 is 2.84 bits per heavy atom. The number of aromatic nitrogens is 2. The largest absolute Gasteiger partial charge is 0.481 e. The fourth-order valence-corrected chi connectivity index (χ4v) is 3.75. The summed E-state index contributed by atoms with van der Waals surface area (Å²) in [4.78, 5) is 17.8. The summed E-state index contributed by atoms with van der Waals surface area (Å²) in [5, 5.41) is 9.22. The number of carbonyl (C=O) groups is 1. The van der Waals surface area contributed by atoms with Crippen molar-refractivity contribution in [1.29, 1.82) is 0 Å². The lowest BCUT2D eigenvalue weighted by Crippen LogP contribution is -2.47. The van der Waals surface area contributed by atoms with Crippen LogP contribution in [0.25, 0.3) is 0 Å². The van der Waals surface area contributed by atoms with Crippen molar-refractivity contribution in [3.63, 3.8) is 0 Å². The number of H-pyrrole nitrogens is 1. The standard InChI is InChI=1S/C11H17N3O4S/c1-7-12-6-9(13-7)19(17,18)14-8-4-3-5-11(8,2)10(15)16/h6,8,14H,3-5H2,1-2H3,(H,12,13)(H,15,16). The van der Waals surface area contributed by atoms with Gasteiger partial charge in [-0.3, -0.25) is 4.79 Å². The van der Waals surface area contributed by atoms with Crippen LogP contribution in [0.3, 0.4) is 0 Å². The number of aromatic amines is 1. The third kappa shape index (κ3) is 2.50. The Hall–Kier alpha value is -1.41. The molecule has 7 nitrogen and oxygen atoms in total. The number of carboxylic acid groups (broad SMARTS) is 1. The van der Waals surface area contributed by atoms with Crippen LogP contribution in [0.5, 0.6) is 0 Å². The van der Waals surface area contributed by atoms with E-state index in [4.69, 9.17) is 0 Å². The van der Waals surface area contributed by atoms with Gasteiger partial charge in [-0.25, -0.2) is 18.1 Å². The van der Waals surface area contributed by atoms with Gasteiger partial charge in [0.15, 0.2) is 5.03 Å². The van der Waals surface area contributed by atoms with Gasteiger partial charge >= 0.3 is 5.97 Å². The molecule has 0 saturated heterocycles. The number of rotatable bonds is 4. The van der Waals surface area contributed by atoms with Crippen LogP contribution >= 0.6 is 0 Å². The van der Waals surface area contributed by atoms with Crippen LogP contribution in [0.15, 0.2) is 11.2 Å². The maximum Gasteiger partial charge on any atom is 0.310 e. The van der Waals surface area contributed by atoms with Gasteiger partial charge in [0, 0.05) is 6.04 Å². The van der Waals surface area contributed by atoms with E-state index in [-0.39, 0.29) is 5.03 Å². The molecule has 0 aliphatic heterocycles. The van der Waals surface area contributed by atoms with Crippen LogP contribution in [-0.2, 0) is 14.8 Å². The van der Waals surface area contributed by atoms with E-state index in [0.29, 0.717) is 25.1 Å². The molecule has 1 fully saturated rings. The van der Waals surface area contributed by atoms with Gasteiger partial charge in [0.2, 0.25) is 0 Å². The molecule has 1 aromatic rings. The van der Waals surface area contributed by atoms with E-state index in [1.54, 1.807) is 13.8 Å². The number of nitrogens with one attached hydrogen (secondary N) is 2. The Labute approximate surface area is 111 Å². The molecule has 3 N–H and O–H groups in total.